The minimum absolute atomic E-state index is 0.0137. The van der Waals surface area contributed by atoms with Gasteiger partial charge in [0.25, 0.3) is 0 Å². The largest absolute Gasteiger partial charge is 0.382 e. The number of hydrogen-bond donors (Lipinski definition) is 2. The van der Waals surface area contributed by atoms with Crippen LogP contribution in [0.2, 0.25) is 0 Å². The predicted molar refractivity (Wildman–Crippen MR) is 37.4 cm³/mol. The Morgan fingerprint density at radius 2 is 2.36 bits per heavy atom. The molecule has 1 aliphatic heterocycles. The second-order valence-corrected chi connectivity index (χ2v) is 3.11. The molecular formula is C4H4N4O2S. The van der Waals surface area contributed by atoms with Crippen molar-refractivity contribution in [2.75, 3.05) is 0 Å². The highest BCUT2D eigenvalue weighted by atomic mass is 32.2. The van der Waals surface area contributed by atoms with Crippen LogP contribution in [0.5, 0.6) is 0 Å². The van der Waals surface area contributed by atoms with Crippen LogP contribution in [0.1, 0.15) is 0 Å². The highest BCUT2D eigenvalue weighted by Crippen LogP contribution is 2.00. The smallest absolute Gasteiger partial charge is 0.343 e. The maximum Gasteiger partial charge on any atom is 0.343 e. The number of hydrogen-bond acceptors (Lipinski definition) is 4. The van der Waals surface area contributed by atoms with E-state index in [9.17, 15) is 8.42 Å². The summed E-state index contributed by atoms with van der Waals surface area (Å²) in [5, 5.41) is 8.32. The molecule has 0 bridgehead atoms. The standard InChI is InChI=1S/C4H4N4O2S/c5-1-3-2-7-11(9,10)8-4(3)6/h2,7H,(H2,6,8). The first-order valence-corrected chi connectivity index (χ1v) is 3.97. The van der Waals surface area contributed by atoms with Crippen LogP contribution in [-0.2, 0) is 10.2 Å². The summed E-state index contributed by atoms with van der Waals surface area (Å²) in [4.78, 5) is 0. The Labute approximate surface area is 63.2 Å². The van der Waals surface area contributed by atoms with Crippen LogP contribution in [0.25, 0.3) is 0 Å². The van der Waals surface area contributed by atoms with Crippen molar-refractivity contribution in [3.63, 3.8) is 0 Å². The first kappa shape index (κ1) is 7.56. The lowest BCUT2D eigenvalue weighted by Gasteiger charge is -2.05. The highest BCUT2D eigenvalue weighted by molar-refractivity contribution is 7.88. The molecule has 7 heteroatoms. The molecule has 1 aliphatic rings. The van der Waals surface area contributed by atoms with Gasteiger partial charge in [-0.1, -0.05) is 0 Å². The number of nitrogens with two attached hydrogens (primary N) is 1. The van der Waals surface area contributed by atoms with Gasteiger partial charge in [0.1, 0.15) is 11.6 Å². The second-order valence-electron chi connectivity index (χ2n) is 1.74. The van der Waals surface area contributed by atoms with Crippen molar-refractivity contribution in [2.24, 2.45) is 10.1 Å². The van der Waals surface area contributed by atoms with E-state index in [4.69, 9.17) is 11.0 Å². The van der Waals surface area contributed by atoms with Crippen molar-refractivity contribution < 1.29 is 8.42 Å². The zero-order valence-corrected chi connectivity index (χ0v) is 6.09. The van der Waals surface area contributed by atoms with Crippen LogP contribution in [0, 0.1) is 11.3 Å². The molecule has 0 amide bonds. The maximum absolute atomic E-state index is 10.6. The molecule has 0 fully saturated rings. The lowest BCUT2D eigenvalue weighted by molar-refractivity contribution is 0.592. The maximum atomic E-state index is 10.6. The average molecular weight is 172 g/mol. The van der Waals surface area contributed by atoms with Crippen molar-refractivity contribution >= 4 is 16.0 Å². The first-order chi connectivity index (χ1) is 5.05. The average Bonchev–Trinajstić information content (AvgIpc) is 1.86. The molecule has 0 unspecified atom stereocenters. The van der Waals surface area contributed by atoms with E-state index in [0.29, 0.717) is 0 Å². The fourth-order valence-corrected chi connectivity index (χ4v) is 1.18. The van der Waals surface area contributed by atoms with Crippen molar-refractivity contribution in [3.05, 3.63) is 11.8 Å². The molecule has 0 aromatic rings. The fraction of sp³-hybridized carbons (Fsp3) is 0. The number of nitrogens with zero attached hydrogens (tertiary/aromatic N) is 2. The molecule has 0 radical (unpaired) electrons. The molecule has 1 rings (SSSR count). The van der Waals surface area contributed by atoms with Crippen LogP contribution in [0.15, 0.2) is 16.2 Å². The fourth-order valence-electron chi connectivity index (χ4n) is 0.502. The monoisotopic (exact) mass is 172 g/mol. The first-order valence-electron chi connectivity index (χ1n) is 2.53. The Kier molecular flexibility index (Phi) is 1.54. The predicted octanol–water partition coefficient (Wildman–Crippen LogP) is -1.40. The molecule has 1 heterocycles. The third-order valence-corrected chi connectivity index (χ3v) is 1.82. The summed E-state index contributed by atoms with van der Waals surface area (Å²) in [6.07, 6.45) is 0.998. The van der Waals surface area contributed by atoms with Gasteiger partial charge in [0.05, 0.1) is 0 Å². The van der Waals surface area contributed by atoms with E-state index in [1.165, 1.54) is 0 Å². The van der Waals surface area contributed by atoms with Gasteiger partial charge in [-0.3, -0.25) is 4.72 Å². The zero-order chi connectivity index (χ0) is 8.48. The molecule has 6 nitrogen and oxygen atoms in total. The molecular weight excluding hydrogens is 168 g/mol. The van der Waals surface area contributed by atoms with E-state index in [-0.39, 0.29) is 11.4 Å². The van der Waals surface area contributed by atoms with Gasteiger partial charge in [0.15, 0.2) is 5.84 Å². The highest BCUT2D eigenvalue weighted by Gasteiger charge is 2.15. The minimum atomic E-state index is -3.69. The van der Waals surface area contributed by atoms with Crippen LogP contribution >= 0.6 is 0 Å². The van der Waals surface area contributed by atoms with E-state index in [0.717, 1.165) is 6.20 Å². The van der Waals surface area contributed by atoms with Gasteiger partial charge in [-0.05, 0) is 0 Å². The molecule has 0 spiro atoms. The van der Waals surface area contributed by atoms with Crippen molar-refractivity contribution in [1.82, 2.24) is 4.72 Å². The molecule has 58 valence electrons. The Hall–Kier alpha value is -1.55. The molecule has 0 aromatic carbocycles. The molecule has 11 heavy (non-hydrogen) atoms. The molecule has 0 saturated carbocycles. The van der Waals surface area contributed by atoms with E-state index in [1.807, 2.05) is 4.72 Å². The van der Waals surface area contributed by atoms with E-state index in [2.05, 4.69) is 4.40 Å². The van der Waals surface area contributed by atoms with Gasteiger partial charge < -0.3 is 5.73 Å². The summed E-state index contributed by atoms with van der Waals surface area (Å²) in [5.74, 6) is -0.286. The van der Waals surface area contributed by atoms with Gasteiger partial charge in [0, 0.05) is 6.20 Å². The summed E-state index contributed by atoms with van der Waals surface area (Å²) in [6, 6.07) is 1.67. The Bertz CT molecular complexity index is 371. The van der Waals surface area contributed by atoms with Crippen LogP contribution in [0.4, 0.5) is 0 Å². The minimum Gasteiger partial charge on any atom is -0.382 e. The van der Waals surface area contributed by atoms with Gasteiger partial charge in [-0.15, -0.1) is 4.40 Å². The topological polar surface area (TPSA) is 108 Å². The lowest BCUT2D eigenvalue weighted by atomic mass is 10.3. The third-order valence-electron chi connectivity index (χ3n) is 0.967. The van der Waals surface area contributed by atoms with E-state index < -0.39 is 10.2 Å². The van der Waals surface area contributed by atoms with Crippen molar-refractivity contribution in [2.45, 2.75) is 0 Å². The van der Waals surface area contributed by atoms with E-state index >= 15 is 0 Å². The van der Waals surface area contributed by atoms with Crippen LogP contribution in [0.3, 0.4) is 0 Å². The number of nitrogens with one attached hydrogen (secondary N) is 1. The third kappa shape index (κ3) is 1.47. The van der Waals surface area contributed by atoms with Crippen molar-refractivity contribution in [1.29, 1.82) is 5.26 Å². The van der Waals surface area contributed by atoms with Crippen LogP contribution in [-0.4, -0.2) is 14.3 Å². The second kappa shape index (κ2) is 2.25. The lowest BCUT2D eigenvalue weighted by Crippen LogP contribution is -2.28. The number of rotatable bonds is 0. The summed E-state index contributed by atoms with van der Waals surface area (Å²) >= 11 is 0. The van der Waals surface area contributed by atoms with Gasteiger partial charge in [-0.25, -0.2) is 0 Å². The van der Waals surface area contributed by atoms with Crippen molar-refractivity contribution in [3.8, 4) is 6.07 Å². The molecule has 0 atom stereocenters. The molecule has 0 aromatic heterocycles. The van der Waals surface area contributed by atoms with Gasteiger partial charge >= 0.3 is 10.2 Å². The summed E-state index contributed by atoms with van der Waals surface area (Å²) < 4.78 is 26.1. The van der Waals surface area contributed by atoms with E-state index in [1.54, 1.807) is 6.07 Å². The summed E-state index contributed by atoms with van der Waals surface area (Å²) in [6.45, 7) is 0. The molecule has 0 saturated heterocycles. The van der Waals surface area contributed by atoms with Crippen LogP contribution < -0.4 is 10.5 Å². The summed E-state index contributed by atoms with van der Waals surface area (Å²) in [7, 11) is -3.69. The van der Waals surface area contributed by atoms with Gasteiger partial charge in [0.2, 0.25) is 0 Å². The Balaban J connectivity index is 3.13. The van der Waals surface area contributed by atoms with Gasteiger partial charge in [-0.2, -0.15) is 13.7 Å². The normalized spacial score (nSPS) is 20.6. The molecule has 0 aliphatic carbocycles. The Morgan fingerprint density at radius 3 is 2.82 bits per heavy atom. The Morgan fingerprint density at radius 1 is 1.73 bits per heavy atom. The zero-order valence-electron chi connectivity index (χ0n) is 5.27. The summed E-state index contributed by atoms with van der Waals surface area (Å²) in [5.41, 5.74) is 5.12. The SMILES string of the molecule is N#CC1=CNS(=O)(=O)N=C1N. The molecule has 3 N–H and O–H groups in total. The number of nitriles is 1. The number of amidine groups is 1. The quantitative estimate of drug-likeness (QED) is 0.468.